The van der Waals surface area contributed by atoms with Crippen LogP contribution in [0.1, 0.15) is 11.6 Å². The fourth-order valence-electron chi connectivity index (χ4n) is 2.58. The normalized spacial score (nSPS) is 19.8. The number of rotatable bonds is 3. The lowest BCUT2D eigenvalue weighted by Gasteiger charge is -2.33. The van der Waals surface area contributed by atoms with Crippen LogP contribution in [0.3, 0.4) is 0 Å². The van der Waals surface area contributed by atoms with Crippen molar-refractivity contribution in [3.05, 3.63) is 48.3 Å². The molecule has 3 rings (SSSR count). The minimum Gasteiger partial charge on any atom is -0.396 e. The van der Waals surface area contributed by atoms with Crippen molar-refractivity contribution in [3.63, 3.8) is 0 Å². The Hall–Kier alpha value is -1.82. The van der Waals surface area contributed by atoms with Gasteiger partial charge in [-0.1, -0.05) is 30.3 Å². The molecule has 0 spiro atoms. The van der Waals surface area contributed by atoms with Crippen molar-refractivity contribution in [3.8, 4) is 0 Å². The Morgan fingerprint density at radius 1 is 1.26 bits per heavy atom. The highest BCUT2D eigenvalue weighted by Gasteiger charge is 2.40. The zero-order chi connectivity index (χ0) is 13.5. The summed E-state index contributed by atoms with van der Waals surface area (Å²) in [7, 11) is -2.86. The minimum absolute atomic E-state index is 0.0618. The predicted molar refractivity (Wildman–Crippen MR) is 73.4 cm³/mol. The fraction of sp³-hybridized carbons (Fsp3) is 0.308. The van der Waals surface area contributed by atoms with Crippen LogP contribution in [0.25, 0.3) is 0 Å². The molecule has 1 atom stereocenters. The van der Waals surface area contributed by atoms with E-state index in [4.69, 9.17) is 5.73 Å². The quantitative estimate of drug-likeness (QED) is 0.911. The largest absolute Gasteiger partial charge is 0.396 e. The number of nitrogens with zero attached hydrogens (tertiary/aromatic N) is 2. The zero-order valence-corrected chi connectivity index (χ0v) is 11.1. The average molecular weight is 277 g/mol. The summed E-state index contributed by atoms with van der Waals surface area (Å²) in [6.07, 6.45) is 3.34. The van der Waals surface area contributed by atoms with Crippen LogP contribution in [0.2, 0.25) is 0 Å². The molecule has 6 heteroatoms. The molecule has 1 aliphatic heterocycles. The molecule has 0 saturated carbocycles. The zero-order valence-electron chi connectivity index (χ0n) is 10.3. The lowest BCUT2D eigenvalue weighted by atomic mass is 9.95. The number of sulfone groups is 1. The molecule has 1 aromatic carbocycles. The second-order valence-corrected chi connectivity index (χ2v) is 7.10. The van der Waals surface area contributed by atoms with Crippen LogP contribution < -0.4 is 5.73 Å². The molecule has 2 N–H and O–H groups in total. The molecule has 5 nitrogen and oxygen atoms in total. The lowest BCUT2D eigenvalue weighted by Crippen LogP contribution is -2.42. The highest BCUT2D eigenvalue weighted by atomic mass is 32.2. The van der Waals surface area contributed by atoms with E-state index in [1.54, 1.807) is 17.1 Å². The monoisotopic (exact) mass is 277 g/mol. The number of anilines is 1. The van der Waals surface area contributed by atoms with Crippen molar-refractivity contribution in [1.29, 1.82) is 0 Å². The van der Waals surface area contributed by atoms with E-state index in [1.165, 1.54) is 0 Å². The van der Waals surface area contributed by atoms with Crippen LogP contribution in [-0.2, 0) is 9.84 Å². The Bertz CT molecular complexity index is 667. The number of hydrogen-bond acceptors (Lipinski definition) is 4. The molecule has 2 heterocycles. The molecular weight excluding hydrogens is 262 g/mol. The Morgan fingerprint density at radius 3 is 2.47 bits per heavy atom. The second kappa shape index (κ2) is 4.38. The summed E-state index contributed by atoms with van der Waals surface area (Å²) in [5, 5.41) is 4.24. The molecule has 1 fully saturated rings. The van der Waals surface area contributed by atoms with E-state index in [0.717, 1.165) is 5.56 Å². The first kappa shape index (κ1) is 12.2. The number of hydrogen-bond donors (Lipinski definition) is 1. The number of nitrogens with two attached hydrogens (primary N) is 1. The molecule has 0 aliphatic carbocycles. The van der Waals surface area contributed by atoms with Gasteiger partial charge in [0.15, 0.2) is 9.84 Å². The summed E-state index contributed by atoms with van der Waals surface area (Å²) in [4.78, 5) is 0. The van der Waals surface area contributed by atoms with E-state index in [1.807, 2.05) is 30.3 Å². The first-order valence-electron chi connectivity index (χ1n) is 6.10. The molecule has 1 aromatic heterocycles. The van der Waals surface area contributed by atoms with Gasteiger partial charge in [0.2, 0.25) is 0 Å². The summed E-state index contributed by atoms with van der Waals surface area (Å²) in [5.41, 5.74) is 7.35. The van der Waals surface area contributed by atoms with Gasteiger partial charge in [-0.25, -0.2) is 8.42 Å². The van der Waals surface area contributed by atoms with Crippen LogP contribution in [0, 0.1) is 5.92 Å². The fourth-order valence-corrected chi connectivity index (χ4v) is 4.15. The average Bonchev–Trinajstić information content (AvgIpc) is 2.75. The molecule has 0 unspecified atom stereocenters. The maximum Gasteiger partial charge on any atom is 0.151 e. The summed E-state index contributed by atoms with van der Waals surface area (Å²) in [5.74, 6) is 0.491. The van der Waals surface area contributed by atoms with Crippen molar-refractivity contribution < 1.29 is 8.42 Å². The summed E-state index contributed by atoms with van der Waals surface area (Å²) in [6, 6.07) is 9.75. The van der Waals surface area contributed by atoms with Crippen molar-refractivity contribution in [2.24, 2.45) is 5.92 Å². The smallest absolute Gasteiger partial charge is 0.151 e. The molecule has 2 aromatic rings. The van der Waals surface area contributed by atoms with Crippen molar-refractivity contribution in [1.82, 2.24) is 9.78 Å². The van der Waals surface area contributed by atoms with Crippen LogP contribution in [0.15, 0.2) is 42.7 Å². The maximum absolute atomic E-state index is 11.4. The molecule has 0 radical (unpaired) electrons. The predicted octanol–water partition coefficient (Wildman–Crippen LogP) is 1.10. The topological polar surface area (TPSA) is 78.0 Å². The highest BCUT2D eigenvalue weighted by Crippen LogP contribution is 2.34. The number of nitrogen functional groups attached to an aromatic ring is 1. The highest BCUT2D eigenvalue weighted by molar-refractivity contribution is 7.92. The lowest BCUT2D eigenvalue weighted by molar-refractivity contribution is 0.378. The van der Waals surface area contributed by atoms with Gasteiger partial charge in [-0.15, -0.1) is 0 Å². The third-order valence-corrected chi connectivity index (χ3v) is 5.30. The standard InChI is InChI=1S/C13H15N3O2S/c14-12-6-15-16(7-12)13(10-4-2-1-3-5-10)11-8-19(17,18)9-11/h1-7,11,13H,8-9,14H2/t13-/m0/s1. The number of aromatic nitrogens is 2. The summed E-state index contributed by atoms with van der Waals surface area (Å²) in [6.45, 7) is 0. The van der Waals surface area contributed by atoms with E-state index < -0.39 is 9.84 Å². The Labute approximate surface area is 112 Å². The van der Waals surface area contributed by atoms with Gasteiger partial charge in [0, 0.05) is 12.1 Å². The van der Waals surface area contributed by atoms with E-state index in [-0.39, 0.29) is 23.5 Å². The first-order chi connectivity index (χ1) is 9.05. The third-order valence-electron chi connectivity index (χ3n) is 3.43. The maximum atomic E-state index is 11.4. The molecule has 100 valence electrons. The van der Waals surface area contributed by atoms with Crippen molar-refractivity contribution >= 4 is 15.5 Å². The molecule has 0 bridgehead atoms. The van der Waals surface area contributed by atoms with Gasteiger partial charge in [0.1, 0.15) is 0 Å². The van der Waals surface area contributed by atoms with Gasteiger partial charge in [-0.05, 0) is 5.56 Å². The van der Waals surface area contributed by atoms with E-state index in [9.17, 15) is 8.42 Å². The van der Waals surface area contributed by atoms with Crippen LogP contribution in [-0.4, -0.2) is 29.7 Å². The van der Waals surface area contributed by atoms with Gasteiger partial charge >= 0.3 is 0 Å². The summed E-state index contributed by atoms with van der Waals surface area (Å²) >= 11 is 0. The van der Waals surface area contributed by atoms with Crippen molar-refractivity contribution in [2.45, 2.75) is 6.04 Å². The van der Waals surface area contributed by atoms with Gasteiger partial charge in [-0.3, -0.25) is 4.68 Å². The van der Waals surface area contributed by atoms with E-state index >= 15 is 0 Å². The molecule has 0 amide bonds. The van der Waals surface area contributed by atoms with Gasteiger partial charge in [0.25, 0.3) is 0 Å². The molecule has 1 aliphatic rings. The van der Waals surface area contributed by atoms with Gasteiger partial charge in [-0.2, -0.15) is 5.10 Å². The Kier molecular flexibility index (Phi) is 2.82. The Balaban J connectivity index is 1.97. The van der Waals surface area contributed by atoms with Crippen LogP contribution in [0.5, 0.6) is 0 Å². The molecular formula is C13H15N3O2S. The van der Waals surface area contributed by atoms with Crippen LogP contribution in [0.4, 0.5) is 5.69 Å². The first-order valence-corrected chi connectivity index (χ1v) is 7.92. The summed E-state index contributed by atoms with van der Waals surface area (Å²) < 4.78 is 24.6. The third kappa shape index (κ3) is 2.35. The SMILES string of the molecule is Nc1cnn([C@@H](c2ccccc2)C2CS(=O)(=O)C2)c1. The molecule has 1 saturated heterocycles. The van der Waals surface area contributed by atoms with Gasteiger partial charge in [0.05, 0.1) is 29.4 Å². The Morgan fingerprint density at radius 2 is 1.95 bits per heavy atom. The number of benzene rings is 1. The minimum atomic E-state index is -2.86. The van der Waals surface area contributed by atoms with E-state index in [2.05, 4.69) is 5.10 Å². The van der Waals surface area contributed by atoms with Gasteiger partial charge < -0.3 is 5.73 Å². The second-order valence-electron chi connectivity index (χ2n) is 4.95. The van der Waals surface area contributed by atoms with Crippen LogP contribution >= 0.6 is 0 Å². The van der Waals surface area contributed by atoms with Crippen molar-refractivity contribution in [2.75, 3.05) is 17.2 Å². The van der Waals surface area contributed by atoms with E-state index in [0.29, 0.717) is 5.69 Å². The molecule has 19 heavy (non-hydrogen) atoms.